The predicted octanol–water partition coefficient (Wildman–Crippen LogP) is 11.5. The highest BCUT2D eigenvalue weighted by Crippen LogP contribution is 2.64. The zero-order valence-corrected chi connectivity index (χ0v) is 32.9. The number of pyridine rings is 1. The summed E-state index contributed by atoms with van der Waals surface area (Å²) in [6.07, 6.45) is 6.11. The molecule has 2 aliphatic carbocycles. The quantitative estimate of drug-likeness (QED) is 0.167. The summed E-state index contributed by atoms with van der Waals surface area (Å²) in [7, 11) is 0. The molecule has 0 saturated carbocycles. The molecule has 5 nitrogen and oxygen atoms in total. The summed E-state index contributed by atoms with van der Waals surface area (Å²) in [6.45, 7) is 0.0204. The van der Waals surface area contributed by atoms with Crippen LogP contribution in [0, 0.1) is 0 Å². The van der Waals surface area contributed by atoms with Gasteiger partial charge in [-0.15, -0.1) is 0 Å². The molecule has 13 rings (SSSR count). The third-order valence-electron chi connectivity index (χ3n) is 13.1. The smallest absolute Gasteiger partial charge is 0.321 e. The van der Waals surface area contributed by atoms with Gasteiger partial charge in [-0.2, -0.15) is 0 Å². The molecule has 0 radical (unpaired) electrons. The number of nitrogens with zero attached hydrogens (tertiary/aromatic N) is 5. The third kappa shape index (κ3) is 4.90. The summed E-state index contributed by atoms with van der Waals surface area (Å²) < 4.78 is 0. The number of anilines is 1. The molecule has 9 aromatic rings. The van der Waals surface area contributed by atoms with Gasteiger partial charge in [0.25, 0.3) is 0 Å². The highest BCUT2D eigenvalue weighted by molar-refractivity contribution is 6.84. The second-order valence-electron chi connectivity index (χ2n) is 16.2. The van der Waals surface area contributed by atoms with Crippen LogP contribution in [0.25, 0.3) is 73.1 Å². The van der Waals surface area contributed by atoms with Crippen LogP contribution in [-0.4, -0.2) is 26.8 Å². The summed E-state index contributed by atoms with van der Waals surface area (Å²) in [6, 6.07) is 65.3. The van der Waals surface area contributed by atoms with Gasteiger partial charge < -0.3 is 4.81 Å². The standard InChI is InChI=1S/C55H34BN5/c1-2-12-37(13-3-1)52-58-53(38-24-22-35(23-25-38)36-28-30-57-31-29-36)60-54(59-52)39-26-27-51-44(32-39)43-17-7-11-21-50(43)56-33-45-42-16-6-10-20-48(42)55(49(45)34-61(51)56)46-18-8-4-14-40(46)41-15-5-9-19-47(41)55/h1-34H. The molecule has 61 heavy (non-hydrogen) atoms. The van der Waals surface area contributed by atoms with Crippen LogP contribution in [0.15, 0.2) is 212 Å². The molecule has 2 aromatic heterocycles. The van der Waals surface area contributed by atoms with E-state index in [0.717, 1.165) is 39.1 Å². The number of hydrogen-bond donors (Lipinski definition) is 0. The Labute approximate surface area is 354 Å². The second-order valence-corrected chi connectivity index (χ2v) is 16.2. The third-order valence-corrected chi connectivity index (χ3v) is 13.1. The van der Waals surface area contributed by atoms with Crippen molar-refractivity contribution < 1.29 is 0 Å². The molecule has 0 N–H and O–H groups in total. The van der Waals surface area contributed by atoms with Crippen molar-refractivity contribution in [1.29, 1.82) is 0 Å². The lowest BCUT2D eigenvalue weighted by Crippen LogP contribution is -2.50. The molecular formula is C55H34BN5. The first-order valence-corrected chi connectivity index (χ1v) is 20.8. The lowest BCUT2D eigenvalue weighted by atomic mass is 9.48. The Morgan fingerprint density at radius 1 is 0.410 bits per heavy atom. The first kappa shape index (κ1) is 34.0. The fraction of sp³-hybridized carbons (Fsp3) is 0.0182. The minimum Gasteiger partial charge on any atom is -0.383 e. The maximum Gasteiger partial charge on any atom is 0.321 e. The van der Waals surface area contributed by atoms with Crippen molar-refractivity contribution in [2.45, 2.75) is 5.41 Å². The van der Waals surface area contributed by atoms with Gasteiger partial charge in [-0.3, -0.25) is 4.98 Å². The number of aromatic nitrogens is 4. The minimum atomic E-state index is -0.427. The normalized spacial score (nSPS) is 14.5. The lowest BCUT2D eigenvalue weighted by molar-refractivity contribution is 0.791. The molecule has 282 valence electrons. The Morgan fingerprint density at radius 3 is 1.61 bits per heavy atom. The van der Waals surface area contributed by atoms with Gasteiger partial charge in [0, 0.05) is 40.3 Å². The highest BCUT2D eigenvalue weighted by atomic mass is 15.1. The molecule has 2 aliphatic heterocycles. The lowest BCUT2D eigenvalue weighted by Gasteiger charge is -2.40. The van der Waals surface area contributed by atoms with Crippen molar-refractivity contribution in [2.24, 2.45) is 0 Å². The first-order valence-electron chi connectivity index (χ1n) is 20.8. The zero-order valence-electron chi connectivity index (χ0n) is 32.9. The Morgan fingerprint density at radius 2 is 0.918 bits per heavy atom. The van der Waals surface area contributed by atoms with Crippen molar-refractivity contribution in [3.05, 3.63) is 234 Å². The average Bonchev–Trinajstić information content (AvgIpc) is 3.81. The Bertz CT molecular complexity index is 3270. The van der Waals surface area contributed by atoms with Crippen LogP contribution < -0.4 is 10.3 Å². The summed E-state index contributed by atoms with van der Waals surface area (Å²) in [4.78, 5) is 22.1. The SMILES string of the molecule is C1=C2C(=CN3B1c1ccccc1-c1cc(-c4nc(-c5ccccc5)nc(-c5ccc(-c6ccncc6)cc5)n4)ccc13)C1(c3ccccc32)c2ccccc2-c2ccccc21. The van der Waals surface area contributed by atoms with Gasteiger partial charge in [0.05, 0.1) is 5.41 Å². The molecule has 0 amide bonds. The van der Waals surface area contributed by atoms with Crippen molar-refractivity contribution in [2.75, 3.05) is 4.81 Å². The molecule has 0 unspecified atom stereocenters. The van der Waals surface area contributed by atoms with E-state index in [1.165, 1.54) is 55.6 Å². The number of allylic oxidation sites excluding steroid dienone is 2. The topological polar surface area (TPSA) is 54.8 Å². The van der Waals surface area contributed by atoms with Crippen molar-refractivity contribution in [1.82, 2.24) is 19.9 Å². The molecular weight excluding hydrogens is 741 g/mol. The fourth-order valence-electron chi connectivity index (χ4n) is 10.4. The Hall–Kier alpha value is -7.96. The van der Waals surface area contributed by atoms with Crippen molar-refractivity contribution in [3.63, 3.8) is 0 Å². The number of hydrogen-bond acceptors (Lipinski definition) is 5. The first-order chi connectivity index (χ1) is 30.2. The highest BCUT2D eigenvalue weighted by Gasteiger charge is 2.55. The number of fused-ring (bicyclic) bond motifs is 16. The van der Waals surface area contributed by atoms with Crippen molar-refractivity contribution >= 4 is 23.6 Å². The number of benzene rings is 7. The fourth-order valence-corrected chi connectivity index (χ4v) is 10.4. The van der Waals surface area contributed by atoms with E-state index in [4.69, 9.17) is 15.0 Å². The van der Waals surface area contributed by atoms with E-state index in [1.807, 2.05) is 42.7 Å². The van der Waals surface area contributed by atoms with E-state index >= 15 is 0 Å². The van der Waals surface area contributed by atoms with Crippen LogP contribution in [0.5, 0.6) is 0 Å². The van der Waals surface area contributed by atoms with Gasteiger partial charge in [0.1, 0.15) is 0 Å². The summed E-state index contributed by atoms with van der Waals surface area (Å²) in [5, 5.41) is 0. The van der Waals surface area contributed by atoms with Crippen LogP contribution in [0.1, 0.15) is 22.3 Å². The maximum atomic E-state index is 5.18. The summed E-state index contributed by atoms with van der Waals surface area (Å²) in [5.74, 6) is 4.42. The van der Waals surface area contributed by atoms with Gasteiger partial charge in [-0.25, -0.2) is 15.0 Å². The average molecular weight is 776 g/mol. The molecule has 0 atom stereocenters. The molecule has 0 bridgehead atoms. The summed E-state index contributed by atoms with van der Waals surface area (Å²) >= 11 is 0. The Balaban J connectivity index is 0.983. The van der Waals surface area contributed by atoms with E-state index < -0.39 is 5.41 Å². The zero-order chi connectivity index (χ0) is 40.1. The van der Waals surface area contributed by atoms with Crippen LogP contribution in [0.2, 0.25) is 0 Å². The van der Waals surface area contributed by atoms with Crippen LogP contribution in [0.3, 0.4) is 0 Å². The number of rotatable bonds is 4. The maximum absolute atomic E-state index is 5.18. The van der Waals surface area contributed by atoms with E-state index in [-0.39, 0.29) is 6.85 Å². The van der Waals surface area contributed by atoms with Gasteiger partial charge in [-0.1, -0.05) is 158 Å². The molecule has 7 aromatic carbocycles. The van der Waals surface area contributed by atoms with Crippen molar-refractivity contribution in [3.8, 4) is 67.5 Å². The van der Waals surface area contributed by atoms with Crippen LogP contribution >= 0.6 is 0 Å². The molecule has 6 heteroatoms. The largest absolute Gasteiger partial charge is 0.383 e. The van der Waals surface area contributed by atoms with Crippen LogP contribution in [0.4, 0.5) is 5.69 Å². The molecule has 4 heterocycles. The second kappa shape index (κ2) is 13.0. The molecule has 0 saturated heterocycles. The molecule has 4 aliphatic rings. The van der Waals surface area contributed by atoms with Crippen LogP contribution in [-0.2, 0) is 5.41 Å². The van der Waals surface area contributed by atoms with Gasteiger partial charge >= 0.3 is 6.85 Å². The monoisotopic (exact) mass is 775 g/mol. The summed E-state index contributed by atoms with van der Waals surface area (Å²) in [5.41, 5.74) is 20.0. The minimum absolute atomic E-state index is 0.0204. The van der Waals surface area contributed by atoms with Gasteiger partial charge in [-0.05, 0) is 103 Å². The molecule has 0 fully saturated rings. The van der Waals surface area contributed by atoms with Gasteiger partial charge in [0.15, 0.2) is 17.5 Å². The van der Waals surface area contributed by atoms with E-state index in [9.17, 15) is 0 Å². The van der Waals surface area contributed by atoms with E-state index in [2.05, 4.69) is 174 Å². The molecule has 1 spiro atoms. The predicted molar refractivity (Wildman–Crippen MR) is 247 cm³/mol. The van der Waals surface area contributed by atoms with Gasteiger partial charge in [0.2, 0.25) is 0 Å². The Kier molecular flexibility index (Phi) is 7.25. The van der Waals surface area contributed by atoms with E-state index in [1.54, 1.807) is 0 Å². The van der Waals surface area contributed by atoms with E-state index in [0.29, 0.717) is 17.5 Å².